The van der Waals surface area contributed by atoms with Crippen molar-refractivity contribution in [1.82, 2.24) is 9.97 Å². The summed E-state index contributed by atoms with van der Waals surface area (Å²) in [6, 6.07) is 2.25. The van der Waals surface area contributed by atoms with Gasteiger partial charge in [0.05, 0.1) is 0 Å². The van der Waals surface area contributed by atoms with Gasteiger partial charge < -0.3 is 11.1 Å². The first-order valence-corrected chi connectivity index (χ1v) is 4.63. The summed E-state index contributed by atoms with van der Waals surface area (Å²) in [7, 11) is 0. The lowest BCUT2D eigenvalue weighted by Gasteiger charge is -2.15. The van der Waals surface area contributed by atoms with Gasteiger partial charge in [-0.1, -0.05) is 0 Å². The van der Waals surface area contributed by atoms with Crippen LogP contribution in [0.4, 0.5) is 5.82 Å². The summed E-state index contributed by atoms with van der Waals surface area (Å²) in [6.07, 6.45) is 5.86. The van der Waals surface area contributed by atoms with Crippen LogP contribution in [-0.4, -0.2) is 22.6 Å². The summed E-state index contributed by atoms with van der Waals surface area (Å²) < 4.78 is 0. The lowest BCUT2D eigenvalue weighted by Crippen LogP contribution is -2.31. The van der Waals surface area contributed by atoms with Crippen molar-refractivity contribution in [2.75, 3.05) is 11.9 Å². The number of nitrogens with one attached hydrogen (secondary N) is 1. The van der Waals surface area contributed by atoms with Crippen molar-refractivity contribution in [3.63, 3.8) is 0 Å². The smallest absolute Gasteiger partial charge is 0.129 e. The minimum Gasteiger partial charge on any atom is -0.366 e. The molecule has 1 unspecified atom stereocenters. The molecule has 4 nitrogen and oxygen atoms in total. The average Bonchev–Trinajstić information content (AvgIpc) is 2.99. The molecule has 13 heavy (non-hydrogen) atoms. The Labute approximate surface area is 77.6 Å². The zero-order valence-corrected chi connectivity index (χ0v) is 7.48. The molecule has 1 saturated carbocycles. The molecule has 1 aromatic rings. The predicted octanol–water partition coefficient (Wildman–Crippen LogP) is 0.626. The van der Waals surface area contributed by atoms with Crippen LogP contribution in [0.5, 0.6) is 0 Å². The first kappa shape index (κ1) is 8.44. The number of hydrogen-bond donors (Lipinski definition) is 2. The van der Waals surface area contributed by atoms with Gasteiger partial charge in [0.15, 0.2) is 0 Å². The van der Waals surface area contributed by atoms with Crippen molar-refractivity contribution < 1.29 is 0 Å². The predicted molar refractivity (Wildman–Crippen MR) is 51.2 cm³/mol. The van der Waals surface area contributed by atoms with Crippen molar-refractivity contribution in [1.29, 1.82) is 0 Å². The molecule has 1 fully saturated rings. The van der Waals surface area contributed by atoms with Crippen molar-refractivity contribution in [3.8, 4) is 0 Å². The number of rotatable bonds is 4. The standard InChI is InChI=1S/C9H14N4/c10-5-8(7-1-2-7)13-9-3-4-11-6-12-9/h3-4,6-8H,1-2,5,10H2,(H,11,12,13). The molecule has 1 aliphatic rings. The Hall–Kier alpha value is -1.16. The largest absolute Gasteiger partial charge is 0.366 e. The number of nitrogens with zero attached hydrogens (tertiary/aromatic N) is 2. The Morgan fingerprint density at radius 3 is 3.00 bits per heavy atom. The van der Waals surface area contributed by atoms with Gasteiger partial charge in [-0.2, -0.15) is 0 Å². The zero-order valence-electron chi connectivity index (χ0n) is 7.48. The van der Waals surface area contributed by atoms with E-state index in [1.165, 1.54) is 12.8 Å². The van der Waals surface area contributed by atoms with Crippen molar-refractivity contribution >= 4 is 5.82 Å². The Balaban J connectivity index is 1.95. The summed E-state index contributed by atoms with van der Waals surface area (Å²) in [5.41, 5.74) is 5.66. The fourth-order valence-electron chi connectivity index (χ4n) is 1.43. The van der Waals surface area contributed by atoms with Crippen LogP contribution in [0.15, 0.2) is 18.6 Å². The summed E-state index contributed by atoms with van der Waals surface area (Å²) in [6.45, 7) is 0.675. The van der Waals surface area contributed by atoms with E-state index in [4.69, 9.17) is 5.73 Å². The van der Waals surface area contributed by atoms with Crippen LogP contribution in [0.25, 0.3) is 0 Å². The van der Waals surface area contributed by atoms with Gasteiger partial charge in [0.2, 0.25) is 0 Å². The third-order valence-corrected chi connectivity index (χ3v) is 2.36. The van der Waals surface area contributed by atoms with E-state index in [1.807, 2.05) is 6.07 Å². The summed E-state index contributed by atoms with van der Waals surface area (Å²) >= 11 is 0. The first-order valence-electron chi connectivity index (χ1n) is 4.63. The van der Waals surface area contributed by atoms with Gasteiger partial charge in [-0.05, 0) is 24.8 Å². The van der Waals surface area contributed by atoms with E-state index < -0.39 is 0 Å². The van der Waals surface area contributed by atoms with E-state index in [2.05, 4.69) is 15.3 Å². The third-order valence-electron chi connectivity index (χ3n) is 2.36. The lowest BCUT2D eigenvalue weighted by molar-refractivity contribution is 0.642. The molecule has 0 amide bonds. The van der Waals surface area contributed by atoms with Gasteiger partial charge in [-0.25, -0.2) is 9.97 Å². The van der Waals surface area contributed by atoms with Gasteiger partial charge in [0, 0.05) is 18.8 Å². The number of anilines is 1. The van der Waals surface area contributed by atoms with E-state index in [-0.39, 0.29) is 0 Å². The molecule has 0 aromatic carbocycles. The summed E-state index contributed by atoms with van der Waals surface area (Å²) in [4.78, 5) is 7.96. The third kappa shape index (κ3) is 2.15. The highest BCUT2D eigenvalue weighted by Gasteiger charge is 2.30. The highest BCUT2D eigenvalue weighted by Crippen LogP contribution is 2.33. The maximum absolute atomic E-state index is 5.66. The molecular formula is C9H14N4. The molecule has 70 valence electrons. The fraction of sp³-hybridized carbons (Fsp3) is 0.556. The quantitative estimate of drug-likeness (QED) is 0.709. The average molecular weight is 178 g/mol. The Kier molecular flexibility index (Phi) is 2.40. The molecule has 1 atom stereocenters. The maximum Gasteiger partial charge on any atom is 0.129 e. The van der Waals surface area contributed by atoms with Gasteiger partial charge >= 0.3 is 0 Å². The molecule has 0 spiro atoms. The first-order chi connectivity index (χ1) is 6.40. The summed E-state index contributed by atoms with van der Waals surface area (Å²) in [5, 5.41) is 3.31. The van der Waals surface area contributed by atoms with Crippen molar-refractivity contribution in [2.45, 2.75) is 18.9 Å². The van der Waals surface area contributed by atoms with E-state index in [0.717, 1.165) is 11.7 Å². The molecule has 0 aliphatic heterocycles. The SMILES string of the molecule is NCC(Nc1ccncn1)C1CC1. The molecular weight excluding hydrogens is 164 g/mol. The molecule has 4 heteroatoms. The minimum atomic E-state index is 0.384. The van der Waals surface area contributed by atoms with Gasteiger partial charge in [-0.15, -0.1) is 0 Å². The molecule has 0 saturated heterocycles. The Bertz CT molecular complexity index is 258. The second kappa shape index (κ2) is 3.70. The molecule has 1 aromatic heterocycles. The Morgan fingerprint density at radius 1 is 1.62 bits per heavy atom. The van der Waals surface area contributed by atoms with Crippen LogP contribution in [0, 0.1) is 5.92 Å². The zero-order chi connectivity index (χ0) is 9.10. The highest BCUT2D eigenvalue weighted by atomic mass is 15.0. The van der Waals surface area contributed by atoms with E-state index >= 15 is 0 Å². The topological polar surface area (TPSA) is 63.8 Å². The highest BCUT2D eigenvalue weighted by molar-refractivity contribution is 5.33. The summed E-state index contributed by atoms with van der Waals surface area (Å²) in [5.74, 6) is 1.62. The molecule has 1 heterocycles. The van der Waals surface area contributed by atoms with Crippen molar-refractivity contribution in [3.05, 3.63) is 18.6 Å². The van der Waals surface area contributed by atoms with Gasteiger partial charge in [0.25, 0.3) is 0 Å². The molecule has 0 bridgehead atoms. The fourth-order valence-corrected chi connectivity index (χ4v) is 1.43. The van der Waals surface area contributed by atoms with Crippen LogP contribution < -0.4 is 11.1 Å². The van der Waals surface area contributed by atoms with Crippen LogP contribution in [-0.2, 0) is 0 Å². The second-order valence-corrected chi connectivity index (χ2v) is 3.42. The molecule has 1 aliphatic carbocycles. The molecule has 0 radical (unpaired) electrons. The van der Waals surface area contributed by atoms with Crippen molar-refractivity contribution in [2.24, 2.45) is 11.7 Å². The van der Waals surface area contributed by atoms with Crippen LogP contribution >= 0.6 is 0 Å². The van der Waals surface area contributed by atoms with E-state index in [9.17, 15) is 0 Å². The van der Waals surface area contributed by atoms with Crippen LogP contribution in [0.1, 0.15) is 12.8 Å². The van der Waals surface area contributed by atoms with E-state index in [0.29, 0.717) is 12.6 Å². The Morgan fingerprint density at radius 2 is 2.46 bits per heavy atom. The number of hydrogen-bond acceptors (Lipinski definition) is 4. The lowest BCUT2D eigenvalue weighted by atomic mass is 10.2. The van der Waals surface area contributed by atoms with Crippen LogP contribution in [0.3, 0.4) is 0 Å². The van der Waals surface area contributed by atoms with Gasteiger partial charge in [0.1, 0.15) is 12.1 Å². The normalized spacial score (nSPS) is 18.2. The second-order valence-electron chi connectivity index (χ2n) is 3.42. The van der Waals surface area contributed by atoms with E-state index in [1.54, 1.807) is 12.5 Å². The molecule has 3 N–H and O–H groups in total. The monoisotopic (exact) mass is 178 g/mol. The number of nitrogens with two attached hydrogens (primary N) is 1. The molecule has 2 rings (SSSR count). The number of aromatic nitrogens is 2. The minimum absolute atomic E-state index is 0.384. The van der Waals surface area contributed by atoms with Crippen LogP contribution in [0.2, 0.25) is 0 Å². The van der Waals surface area contributed by atoms with Gasteiger partial charge in [-0.3, -0.25) is 0 Å². The maximum atomic E-state index is 5.66.